The quantitative estimate of drug-likeness (QED) is 0.788. The zero-order valence-electron chi connectivity index (χ0n) is 11.7. The lowest BCUT2D eigenvalue weighted by Gasteiger charge is -2.04. The number of para-hydroxylation sites is 1. The predicted molar refractivity (Wildman–Crippen MR) is 82.5 cm³/mol. The monoisotopic (exact) mass is 255 g/mol. The Hall–Kier alpha value is -1.83. The number of nitrogens with one attached hydrogen (secondary N) is 1. The second kappa shape index (κ2) is 6.37. The molecule has 19 heavy (non-hydrogen) atoms. The number of hydrogen-bond donors (Lipinski definition) is 1. The van der Waals surface area contributed by atoms with Crippen molar-refractivity contribution in [3.8, 4) is 0 Å². The molecule has 2 heteroatoms. The van der Waals surface area contributed by atoms with Crippen LogP contribution in [0.1, 0.15) is 43.9 Å². The highest BCUT2D eigenvalue weighted by atomic mass is 16.1. The van der Waals surface area contributed by atoms with E-state index in [9.17, 15) is 4.79 Å². The Kier molecular flexibility index (Phi) is 4.56. The van der Waals surface area contributed by atoms with Crippen molar-refractivity contribution < 1.29 is 0 Å². The number of hydrogen-bond acceptors (Lipinski definition) is 1. The van der Waals surface area contributed by atoms with Gasteiger partial charge in [-0.2, -0.15) is 0 Å². The highest BCUT2D eigenvalue weighted by Crippen LogP contribution is 2.12. The summed E-state index contributed by atoms with van der Waals surface area (Å²) in [5.41, 5.74) is 2.76. The van der Waals surface area contributed by atoms with E-state index in [2.05, 4.69) is 18.0 Å². The Morgan fingerprint density at radius 2 is 2.00 bits per heavy atom. The number of pyridine rings is 1. The summed E-state index contributed by atoms with van der Waals surface area (Å²) in [6, 6.07) is 7.67. The first-order valence-corrected chi connectivity index (χ1v) is 7.02. The molecule has 0 atom stereocenters. The van der Waals surface area contributed by atoms with E-state index < -0.39 is 0 Å². The zero-order chi connectivity index (χ0) is 13.7. The first-order valence-electron chi connectivity index (χ1n) is 7.02. The number of rotatable bonds is 5. The lowest BCUT2D eigenvalue weighted by atomic mass is 10.1. The van der Waals surface area contributed by atoms with E-state index in [0.29, 0.717) is 0 Å². The highest BCUT2D eigenvalue weighted by Gasteiger charge is 2.05. The van der Waals surface area contributed by atoms with Gasteiger partial charge in [-0.3, -0.25) is 4.79 Å². The SMILES string of the molecule is CCCCC/C=C/c1c(C)[nH]c2ccccc2c1=O. The van der Waals surface area contributed by atoms with Gasteiger partial charge >= 0.3 is 0 Å². The molecule has 0 aliphatic carbocycles. The normalized spacial score (nSPS) is 11.5. The number of aromatic amines is 1. The molecule has 1 aromatic carbocycles. The number of unbranched alkanes of at least 4 members (excludes halogenated alkanes) is 3. The van der Waals surface area contributed by atoms with Gasteiger partial charge in [0, 0.05) is 22.2 Å². The Morgan fingerprint density at radius 1 is 1.21 bits per heavy atom. The second-order valence-electron chi connectivity index (χ2n) is 4.94. The maximum Gasteiger partial charge on any atom is 0.196 e. The van der Waals surface area contributed by atoms with E-state index in [4.69, 9.17) is 0 Å². The van der Waals surface area contributed by atoms with E-state index in [0.717, 1.165) is 28.6 Å². The molecule has 0 fully saturated rings. The van der Waals surface area contributed by atoms with E-state index in [1.54, 1.807) is 0 Å². The number of benzene rings is 1. The number of H-pyrrole nitrogens is 1. The minimum atomic E-state index is 0.124. The first kappa shape index (κ1) is 13.6. The fourth-order valence-corrected chi connectivity index (χ4v) is 2.29. The second-order valence-corrected chi connectivity index (χ2v) is 4.94. The van der Waals surface area contributed by atoms with Crippen molar-refractivity contribution >= 4 is 17.0 Å². The van der Waals surface area contributed by atoms with Crippen molar-refractivity contribution in [2.24, 2.45) is 0 Å². The Balaban J connectivity index is 2.30. The van der Waals surface area contributed by atoms with E-state index >= 15 is 0 Å². The standard InChI is InChI=1S/C17H21NO/c1-3-4-5-6-7-10-14-13(2)18-16-12-9-8-11-15(16)17(14)19/h7-12H,3-6H2,1-2H3,(H,18,19)/b10-7+. The van der Waals surface area contributed by atoms with Crippen molar-refractivity contribution in [3.05, 3.63) is 51.8 Å². The van der Waals surface area contributed by atoms with Crippen LogP contribution in [0.4, 0.5) is 0 Å². The van der Waals surface area contributed by atoms with Gasteiger partial charge in [0.05, 0.1) is 0 Å². The fourth-order valence-electron chi connectivity index (χ4n) is 2.29. The van der Waals surface area contributed by atoms with E-state index in [1.165, 1.54) is 19.3 Å². The molecule has 0 aliphatic heterocycles. The summed E-state index contributed by atoms with van der Waals surface area (Å²) in [5, 5.41) is 0.765. The van der Waals surface area contributed by atoms with Gasteiger partial charge in [-0.1, -0.05) is 44.1 Å². The van der Waals surface area contributed by atoms with Crippen LogP contribution in [-0.2, 0) is 0 Å². The maximum absolute atomic E-state index is 12.4. The largest absolute Gasteiger partial charge is 0.358 e. The summed E-state index contributed by atoms with van der Waals surface area (Å²) in [7, 11) is 0. The third-order valence-corrected chi connectivity index (χ3v) is 3.40. The van der Waals surface area contributed by atoms with Gasteiger partial charge in [0.25, 0.3) is 0 Å². The summed E-state index contributed by atoms with van der Waals surface area (Å²) < 4.78 is 0. The van der Waals surface area contributed by atoms with E-state index in [1.807, 2.05) is 37.3 Å². The average Bonchev–Trinajstić information content (AvgIpc) is 2.42. The number of aromatic nitrogens is 1. The molecule has 0 bridgehead atoms. The van der Waals surface area contributed by atoms with Crippen LogP contribution in [-0.4, -0.2) is 4.98 Å². The summed E-state index contributed by atoms with van der Waals surface area (Å²) in [6.07, 6.45) is 8.79. The number of fused-ring (bicyclic) bond motifs is 1. The molecular formula is C17H21NO. The van der Waals surface area contributed by atoms with Crippen LogP contribution < -0.4 is 5.43 Å². The van der Waals surface area contributed by atoms with Gasteiger partial charge in [0.15, 0.2) is 5.43 Å². The third-order valence-electron chi connectivity index (χ3n) is 3.40. The van der Waals surface area contributed by atoms with Gasteiger partial charge in [-0.15, -0.1) is 0 Å². The maximum atomic E-state index is 12.4. The van der Waals surface area contributed by atoms with Crippen molar-refractivity contribution in [2.45, 2.75) is 39.5 Å². The van der Waals surface area contributed by atoms with E-state index in [-0.39, 0.29) is 5.43 Å². The Bertz CT molecular complexity index is 637. The van der Waals surface area contributed by atoms with Crippen LogP contribution in [0.25, 0.3) is 17.0 Å². The summed E-state index contributed by atoms with van der Waals surface area (Å²) in [5.74, 6) is 0. The van der Waals surface area contributed by atoms with Crippen LogP contribution in [0, 0.1) is 6.92 Å². The molecule has 0 spiro atoms. The van der Waals surface area contributed by atoms with Crippen LogP contribution in [0.2, 0.25) is 0 Å². The number of aryl methyl sites for hydroxylation is 1. The molecule has 0 unspecified atom stereocenters. The minimum absolute atomic E-state index is 0.124. The van der Waals surface area contributed by atoms with Crippen molar-refractivity contribution in [1.82, 2.24) is 4.98 Å². The topological polar surface area (TPSA) is 32.9 Å². The molecule has 0 aliphatic rings. The highest BCUT2D eigenvalue weighted by molar-refractivity contribution is 5.81. The molecule has 2 nitrogen and oxygen atoms in total. The molecule has 2 rings (SSSR count). The fraction of sp³-hybridized carbons (Fsp3) is 0.353. The third kappa shape index (κ3) is 3.14. The van der Waals surface area contributed by atoms with Gasteiger partial charge < -0.3 is 4.98 Å². The number of allylic oxidation sites excluding steroid dienone is 1. The molecular weight excluding hydrogens is 234 g/mol. The average molecular weight is 255 g/mol. The molecule has 0 radical (unpaired) electrons. The molecule has 0 amide bonds. The summed E-state index contributed by atoms with van der Waals surface area (Å²) in [4.78, 5) is 15.7. The summed E-state index contributed by atoms with van der Waals surface area (Å²) >= 11 is 0. The molecule has 2 aromatic rings. The van der Waals surface area contributed by atoms with Gasteiger partial charge in [-0.25, -0.2) is 0 Å². The lowest BCUT2D eigenvalue weighted by molar-refractivity contribution is 0.730. The molecule has 0 saturated carbocycles. The van der Waals surface area contributed by atoms with Crippen molar-refractivity contribution in [3.63, 3.8) is 0 Å². The molecule has 1 heterocycles. The Labute approximate surface area is 114 Å². The smallest absolute Gasteiger partial charge is 0.196 e. The van der Waals surface area contributed by atoms with Gasteiger partial charge in [0.1, 0.15) is 0 Å². The van der Waals surface area contributed by atoms with Crippen LogP contribution >= 0.6 is 0 Å². The van der Waals surface area contributed by atoms with Crippen LogP contribution in [0.15, 0.2) is 35.1 Å². The lowest BCUT2D eigenvalue weighted by Crippen LogP contribution is -2.09. The first-order chi connectivity index (χ1) is 9.24. The van der Waals surface area contributed by atoms with Crippen LogP contribution in [0.5, 0.6) is 0 Å². The van der Waals surface area contributed by atoms with Crippen molar-refractivity contribution in [1.29, 1.82) is 0 Å². The van der Waals surface area contributed by atoms with Crippen molar-refractivity contribution in [2.75, 3.05) is 0 Å². The van der Waals surface area contributed by atoms with Crippen LogP contribution in [0.3, 0.4) is 0 Å². The zero-order valence-corrected chi connectivity index (χ0v) is 11.7. The molecule has 1 N–H and O–H groups in total. The summed E-state index contributed by atoms with van der Waals surface area (Å²) in [6.45, 7) is 4.15. The Morgan fingerprint density at radius 3 is 2.79 bits per heavy atom. The molecule has 1 aromatic heterocycles. The predicted octanol–water partition coefficient (Wildman–Crippen LogP) is 4.43. The molecule has 0 saturated heterocycles. The minimum Gasteiger partial charge on any atom is -0.358 e. The van der Waals surface area contributed by atoms with Gasteiger partial charge in [-0.05, 0) is 31.9 Å². The van der Waals surface area contributed by atoms with Gasteiger partial charge in [0.2, 0.25) is 0 Å². The molecule has 100 valence electrons.